The second-order valence-corrected chi connectivity index (χ2v) is 6.31. The maximum atomic E-state index is 6.12. The van der Waals surface area contributed by atoms with E-state index in [0.29, 0.717) is 11.6 Å². The number of anilines is 1. The van der Waals surface area contributed by atoms with Crippen molar-refractivity contribution in [3.8, 4) is 10.7 Å². The number of aryl methyl sites for hydroxylation is 2. The van der Waals surface area contributed by atoms with Crippen molar-refractivity contribution in [1.29, 1.82) is 0 Å². The van der Waals surface area contributed by atoms with Gasteiger partial charge in [0, 0.05) is 11.1 Å². The molecule has 0 fully saturated rings. The summed E-state index contributed by atoms with van der Waals surface area (Å²) in [4.78, 5) is 16.6. The first-order valence-electron chi connectivity index (χ1n) is 5.79. The van der Waals surface area contributed by atoms with Crippen LogP contribution in [-0.4, -0.2) is 15.0 Å². The molecule has 0 aliphatic heterocycles. The standard InChI is InChI=1S/C12H10N4S2/c13-10-9-6-2-1-3-7(6)18-12(9)16-11(15-10)8-4-14-5-17-8/h4-5H,1-3H2,(H2,13,15,16). The van der Waals surface area contributed by atoms with E-state index in [9.17, 15) is 0 Å². The normalized spacial score (nSPS) is 14.2. The van der Waals surface area contributed by atoms with E-state index in [0.717, 1.165) is 27.9 Å². The van der Waals surface area contributed by atoms with Gasteiger partial charge in [-0.2, -0.15) is 0 Å². The number of thiazole rings is 1. The number of fused-ring (bicyclic) bond motifs is 3. The summed E-state index contributed by atoms with van der Waals surface area (Å²) in [6.45, 7) is 0. The van der Waals surface area contributed by atoms with Crippen LogP contribution in [0.4, 0.5) is 5.82 Å². The highest BCUT2D eigenvalue weighted by atomic mass is 32.1. The van der Waals surface area contributed by atoms with Crippen molar-refractivity contribution >= 4 is 38.7 Å². The van der Waals surface area contributed by atoms with Crippen LogP contribution in [0.15, 0.2) is 11.7 Å². The van der Waals surface area contributed by atoms with E-state index in [4.69, 9.17) is 5.73 Å². The molecule has 4 nitrogen and oxygen atoms in total. The van der Waals surface area contributed by atoms with Crippen LogP contribution in [0, 0.1) is 0 Å². The lowest BCUT2D eigenvalue weighted by Crippen LogP contribution is -1.96. The third-order valence-corrected chi connectivity index (χ3v) is 5.20. The van der Waals surface area contributed by atoms with E-state index in [1.165, 1.54) is 28.2 Å². The zero-order chi connectivity index (χ0) is 12.1. The van der Waals surface area contributed by atoms with Crippen LogP contribution in [0.3, 0.4) is 0 Å². The first-order chi connectivity index (χ1) is 8.83. The maximum absolute atomic E-state index is 6.12. The lowest BCUT2D eigenvalue weighted by Gasteiger charge is -2.01. The molecule has 3 aromatic rings. The van der Waals surface area contributed by atoms with Crippen molar-refractivity contribution < 1.29 is 0 Å². The quantitative estimate of drug-likeness (QED) is 0.741. The highest BCUT2D eigenvalue weighted by molar-refractivity contribution is 7.19. The maximum Gasteiger partial charge on any atom is 0.174 e. The Morgan fingerprint density at radius 1 is 1.22 bits per heavy atom. The molecule has 0 amide bonds. The van der Waals surface area contributed by atoms with Crippen LogP contribution >= 0.6 is 22.7 Å². The van der Waals surface area contributed by atoms with Crippen LogP contribution in [-0.2, 0) is 12.8 Å². The first-order valence-corrected chi connectivity index (χ1v) is 7.49. The van der Waals surface area contributed by atoms with Gasteiger partial charge in [0.1, 0.15) is 10.6 Å². The minimum Gasteiger partial charge on any atom is -0.383 e. The molecule has 0 spiro atoms. The van der Waals surface area contributed by atoms with E-state index in [-0.39, 0.29) is 0 Å². The lowest BCUT2D eigenvalue weighted by atomic mass is 10.2. The van der Waals surface area contributed by atoms with Crippen LogP contribution in [0.5, 0.6) is 0 Å². The summed E-state index contributed by atoms with van der Waals surface area (Å²) in [6.07, 6.45) is 5.29. The predicted octanol–water partition coefficient (Wildman–Crippen LogP) is 2.89. The number of thiophene rings is 1. The molecule has 3 heterocycles. The monoisotopic (exact) mass is 274 g/mol. The summed E-state index contributed by atoms with van der Waals surface area (Å²) in [7, 11) is 0. The molecule has 1 aliphatic rings. The van der Waals surface area contributed by atoms with Crippen LogP contribution in [0.2, 0.25) is 0 Å². The summed E-state index contributed by atoms with van der Waals surface area (Å²) in [5.74, 6) is 1.31. The van der Waals surface area contributed by atoms with Gasteiger partial charge in [0.2, 0.25) is 0 Å². The van der Waals surface area contributed by atoms with Gasteiger partial charge in [-0.15, -0.1) is 22.7 Å². The van der Waals surface area contributed by atoms with Crippen LogP contribution < -0.4 is 5.73 Å². The molecule has 18 heavy (non-hydrogen) atoms. The van der Waals surface area contributed by atoms with Crippen LogP contribution in [0.1, 0.15) is 16.9 Å². The molecular formula is C12H10N4S2. The lowest BCUT2D eigenvalue weighted by molar-refractivity contribution is 0.917. The Bertz CT molecular complexity index is 730. The smallest absolute Gasteiger partial charge is 0.174 e. The average molecular weight is 274 g/mol. The third kappa shape index (κ3) is 1.39. The van der Waals surface area contributed by atoms with Gasteiger partial charge >= 0.3 is 0 Å². The fraction of sp³-hybridized carbons (Fsp3) is 0.250. The van der Waals surface area contributed by atoms with Crippen molar-refractivity contribution in [2.45, 2.75) is 19.3 Å². The molecule has 2 N–H and O–H groups in total. The minimum atomic E-state index is 0.614. The number of rotatable bonds is 1. The van der Waals surface area contributed by atoms with Gasteiger partial charge in [-0.3, -0.25) is 4.98 Å². The Morgan fingerprint density at radius 3 is 3.00 bits per heavy atom. The van der Waals surface area contributed by atoms with Gasteiger partial charge in [0.15, 0.2) is 5.82 Å². The molecule has 0 unspecified atom stereocenters. The number of hydrogen-bond donors (Lipinski definition) is 1. The topological polar surface area (TPSA) is 64.7 Å². The number of hydrogen-bond acceptors (Lipinski definition) is 6. The fourth-order valence-corrected chi connectivity index (χ4v) is 4.28. The Labute approximate surface area is 112 Å². The molecule has 0 radical (unpaired) electrons. The summed E-state index contributed by atoms with van der Waals surface area (Å²) in [5, 5.41) is 1.08. The predicted molar refractivity (Wildman–Crippen MR) is 75.0 cm³/mol. The number of nitrogens with zero attached hydrogens (tertiary/aromatic N) is 3. The highest BCUT2D eigenvalue weighted by Gasteiger charge is 2.21. The van der Waals surface area contributed by atoms with Crippen molar-refractivity contribution in [3.63, 3.8) is 0 Å². The molecule has 90 valence electrons. The van der Waals surface area contributed by atoms with Crippen molar-refractivity contribution in [2.24, 2.45) is 0 Å². The molecule has 0 atom stereocenters. The van der Waals surface area contributed by atoms with E-state index in [1.54, 1.807) is 23.0 Å². The second kappa shape index (κ2) is 3.73. The van der Waals surface area contributed by atoms with E-state index >= 15 is 0 Å². The molecule has 1 aliphatic carbocycles. The number of aromatic nitrogens is 3. The third-order valence-electron chi connectivity index (χ3n) is 3.25. The van der Waals surface area contributed by atoms with E-state index in [1.807, 2.05) is 0 Å². The van der Waals surface area contributed by atoms with Crippen molar-refractivity contribution in [1.82, 2.24) is 15.0 Å². The van der Waals surface area contributed by atoms with Crippen molar-refractivity contribution in [3.05, 3.63) is 22.1 Å². The number of nitrogens with two attached hydrogens (primary N) is 1. The first kappa shape index (κ1) is 10.4. The molecule has 0 saturated carbocycles. The SMILES string of the molecule is Nc1nc(-c2cncs2)nc2sc3c(c12)CCC3. The van der Waals surface area contributed by atoms with E-state index in [2.05, 4.69) is 15.0 Å². The molecule has 0 aromatic carbocycles. The molecule has 3 aromatic heterocycles. The summed E-state index contributed by atoms with van der Waals surface area (Å²) in [6, 6.07) is 0. The molecular weight excluding hydrogens is 264 g/mol. The van der Waals surface area contributed by atoms with Gasteiger partial charge in [-0.05, 0) is 24.8 Å². The molecule has 4 rings (SSSR count). The average Bonchev–Trinajstić information content (AvgIpc) is 3.04. The Kier molecular flexibility index (Phi) is 2.15. The van der Waals surface area contributed by atoms with E-state index < -0.39 is 0 Å². The summed E-state index contributed by atoms with van der Waals surface area (Å²) >= 11 is 3.30. The summed E-state index contributed by atoms with van der Waals surface area (Å²) in [5.41, 5.74) is 9.28. The number of nitrogen functional groups attached to an aromatic ring is 1. The van der Waals surface area contributed by atoms with Gasteiger partial charge in [-0.1, -0.05) is 0 Å². The van der Waals surface area contributed by atoms with Gasteiger partial charge in [0.05, 0.1) is 15.8 Å². The van der Waals surface area contributed by atoms with Gasteiger partial charge < -0.3 is 5.73 Å². The highest BCUT2D eigenvalue weighted by Crippen LogP contribution is 2.39. The molecule has 6 heteroatoms. The fourth-order valence-electron chi connectivity index (χ4n) is 2.46. The minimum absolute atomic E-state index is 0.614. The Morgan fingerprint density at radius 2 is 2.17 bits per heavy atom. The largest absolute Gasteiger partial charge is 0.383 e. The molecule has 0 saturated heterocycles. The molecule has 0 bridgehead atoms. The van der Waals surface area contributed by atoms with Crippen molar-refractivity contribution in [2.75, 3.05) is 5.73 Å². The second-order valence-electron chi connectivity index (χ2n) is 4.34. The van der Waals surface area contributed by atoms with Gasteiger partial charge in [0.25, 0.3) is 0 Å². The Hall–Kier alpha value is -1.53. The Balaban J connectivity index is 2.00. The van der Waals surface area contributed by atoms with Crippen LogP contribution in [0.25, 0.3) is 20.9 Å². The zero-order valence-corrected chi connectivity index (χ0v) is 11.1. The van der Waals surface area contributed by atoms with Gasteiger partial charge in [-0.25, -0.2) is 9.97 Å². The zero-order valence-electron chi connectivity index (χ0n) is 9.51. The summed E-state index contributed by atoms with van der Waals surface area (Å²) < 4.78 is 0.